The van der Waals surface area contributed by atoms with Gasteiger partial charge in [0, 0.05) is 18.1 Å². The second-order valence-corrected chi connectivity index (χ2v) is 7.11. The second-order valence-electron chi connectivity index (χ2n) is 6.26. The molecule has 1 aromatic carbocycles. The fourth-order valence-electron chi connectivity index (χ4n) is 2.89. The minimum absolute atomic E-state index is 0.188. The summed E-state index contributed by atoms with van der Waals surface area (Å²) in [5, 5.41) is 3.01. The van der Waals surface area contributed by atoms with Gasteiger partial charge in [0.05, 0.1) is 10.6 Å². The van der Waals surface area contributed by atoms with Crippen LogP contribution in [0.2, 0.25) is 10.0 Å². The Balaban J connectivity index is 1.74. The summed E-state index contributed by atoms with van der Waals surface area (Å²) in [5.41, 5.74) is 0.206. The molecule has 1 aromatic rings. The molecule has 1 aliphatic carbocycles. The molecule has 1 saturated carbocycles. The van der Waals surface area contributed by atoms with Crippen LogP contribution in [0.3, 0.4) is 0 Å². The quantitative estimate of drug-likeness (QED) is 0.744. The minimum atomic E-state index is -0.686. The molecule has 0 bridgehead atoms. The van der Waals surface area contributed by atoms with Crippen molar-refractivity contribution in [2.75, 3.05) is 20.2 Å². The van der Waals surface area contributed by atoms with Crippen molar-refractivity contribution in [3.8, 4) is 0 Å². The highest BCUT2D eigenvalue weighted by atomic mass is 35.5. The number of carbonyl (C=O) groups is 3. The van der Waals surface area contributed by atoms with Crippen molar-refractivity contribution in [1.29, 1.82) is 0 Å². The molecule has 0 radical (unpaired) electrons. The molecule has 0 saturated heterocycles. The van der Waals surface area contributed by atoms with Gasteiger partial charge in [-0.05, 0) is 31.0 Å². The topological polar surface area (TPSA) is 75.7 Å². The largest absolute Gasteiger partial charge is 0.454 e. The van der Waals surface area contributed by atoms with Crippen molar-refractivity contribution in [3.63, 3.8) is 0 Å². The van der Waals surface area contributed by atoms with Gasteiger partial charge in [-0.1, -0.05) is 42.5 Å². The number of nitrogens with zero attached hydrogens (tertiary/aromatic N) is 1. The van der Waals surface area contributed by atoms with Gasteiger partial charge >= 0.3 is 5.97 Å². The van der Waals surface area contributed by atoms with Crippen molar-refractivity contribution in [1.82, 2.24) is 10.2 Å². The van der Waals surface area contributed by atoms with Crippen LogP contribution >= 0.6 is 23.2 Å². The van der Waals surface area contributed by atoms with E-state index in [0.717, 1.165) is 25.7 Å². The van der Waals surface area contributed by atoms with E-state index in [1.165, 1.54) is 24.6 Å². The number of benzene rings is 1. The Morgan fingerprint density at radius 1 is 1.19 bits per heavy atom. The lowest BCUT2D eigenvalue weighted by Gasteiger charge is -2.31. The van der Waals surface area contributed by atoms with Crippen LogP contribution < -0.4 is 5.32 Å². The number of hydrogen-bond acceptors (Lipinski definition) is 4. The van der Waals surface area contributed by atoms with Crippen LogP contribution in [-0.2, 0) is 14.3 Å². The lowest BCUT2D eigenvalue weighted by Crippen LogP contribution is -2.41. The summed E-state index contributed by atoms with van der Waals surface area (Å²) in [7, 11) is 1.73. The number of nitrogens with one attached hydrogen (secondary N) is 1. The van der Waals surface area contributed by atoms with Gasteiger partial charge in [-0.15, -0.1) is 0 Å². The first-order valence-corrected chi connectivity index (χ1v) is 9.28. The molecule has 6 nitrogen and oxygen atoms in total. The number of halogens is 2. The zero-order valence-electron chi connectivity index (χ0n) is 14.6. The van der Waals surface area contributed by atoms with Gasteiger partial charge in [-0.3, -0.25) is 14.4 Å². The van der Waals surface area contributed by atoms with Crippen LogP contribution in [0.1, 0.15) is 42.5 Å². The first-order chi connectivity index (χ1) is 12.4. The van der Waals surface area contributed by atoms with E-state index in [9.17, 15) is 14.4 Å². The summed E-state index contributed by atoms with van der Waals surface area (Å²) >= 11 is 11.7. The Labute approximate surface area is 162 Å². The number of likely N-dealkylation sites (N-methyl/N-ethyl adjacent to an activating group) is 1. The number of esters is 1. The van der Waals surface area contributed by atoms with Gasteiger partial charge in [0.1, 0.15) is 6.54 Å². The average Bonchev–Trinajstić information content (AvgIpc) is 2.64. The van der Waals surface area contributed by atoms with Crippen molar-refractivity contribution >= 4 is 41.0 Å². The lowest BCUT2D eigenvalue weighted by atomic mass is 9.94. The summed E-state index contributed by atoms with van der Waals surface area (Å²) in [6, 6.07) is 4.64. The summed E-state index contributed by atoms with van der Waals surface area (Å²) in [4.78, 5) is 37.5. The highest BCUT2D eigenvalue weighted by Crippen LogP contribution is 2.22. The van der Waals surface area contributed by atoms with Crippen LogP contribution in [0.25, 0.3) is 0 Å². The van der Waals surface area contributed by atoms with E-state index < -0.39 is 11.9 Å². The molecule has 2 rings (SSSR count). The molecule has 26 heavy (non-hydrogen) atoms. The van der Waals surface area contributed by atoms with Crippen molar-refractivity contribution < 1.29 is 19.1 Å². The van der Waals surface area contributed by atoms with E-state index in [1.807, 2.05) is 0 Å². The summed E-state index contributed by atoms with van der Waals surface area (Å²) in [6.07, 6.45) is 5.38. The molecule has 0 aliphatic heterocycles. The highest BCUT2D eigenvalue weighted by Gasteiger charge is 2.23. The number of amides is 2. The molecule has 1 fully saturated rings. The summed E-state index contributed by atoms with van der Waals surface area (Å²) in [6.45, 7) is -0.679. The average molecular weight is 401 g/mol. The fraction of sp³-hybridized carbons (Fsp3) is 0.500. The molecule has 2 amide bonds. The Kier molecular flexibility index (Phi) is 7.72. The predicted molar refractivity (Wildman–Crippen MR) is 99.4 cm³/mol. The van der Waals surface area contributed by atoms with Crippen LogP contribution in [0.4, 0.5) is 0 Å². The Morgan fingerprint density at radius 2 is 1.88 bits per heavy atom. The molecule has 0 atom stereocenters. The molecular formula is C18H22Cl2N2O4. The Bertz CT molecular complexity index is 675. The number of hydrogen-bond donors (Lipinski definition) is 1. The van der Waals surface area contributed by atoms with Crippen molar-refractivity contribution in [2.24, 2.45) is 0 Å². The van der Waals surface area contributed by atoms with Gasteiger partial charge in [-0.25, -0.2) is 0 Å². The third-order valence-electron chi connectivity index (χ3n) is 4.44. The van der Waals surface area contributed by atoms with Crippen molar-refractivity contribution in [2.45, 2.75) is 38.1 Å². The van der Waals surface area contributed by atoms with Gasteiger partial charge in [0.25, 0.3) is 11.8 Å². The number of rotatable bonds is 6. The molecule has 1 N–H and O–H groups in total. The number of ether oxygens (including phenoxy) is 1. The van der Waals surface area contributed by atoms with Gasteiger partial charge in [0.15, 0.2) is 6.61 Å². The van der Waals surface area contributed by atoms with E-state index in [2.05, 4.69) is 5.32 Å². The third-order valence-corrected chi connectivity index (χ3v) is 4.99. The van der Waals surface area contributed by atoms with E-state index in [-0.39, 0.29) is 35.7 Å². The predicted octanol–water partition coefficient (Wildman–Crippen LogP) is 3.06. The van der Waals surface area contributed by atoms with Crippen LogP contribution in [0.15, 0.2) is 18.2 Å². The molecule has 0 spiro atoms. The normalized spacial score (nSPS) is 14.6. The molecule has 0 aromatic heterocycles. The zero-order valence-corrected chi connectivity index (χ0v) is 16.1. The smallest absolute Gasteiger partial charge is 0.325 e. The van der Waals surface area contributed by atoms with E-state index in [4.69, 9.17) is 27.9 Å². The van der Waals surface area contributed by atoms with Crippen LogP contribution in [-0.4, -0.2) is 48.9 Å². The second kappa shape index (κ2) is 9.78. The standard InChI is InChI=1S/C18H22Cl2N2O4/c1-22(13-5-3-2-4-6-13)16(23)11-26-17(24)10-21-18(25)14-8-7-12(19)9-15(14)20/h7-9,13H,2-6,10-11H2,1H3,(H,21,25). The van der Waals surface area contributed by atoms with E-state index >= 15 is 0 Å². The monoisotopic (exact) mass is 400 g/mol. The van der Waals surface area contributed by atoms with Gasteiger partial charge in [0.2, 0.25) is 0 Å². The molecule has 0 unspecified atom stereocenters. The highest BCUT2D eigenvalue weighted by molar-refractivity contribution is 6.36. The van der Waals surface area contributed by atoms with Gasteiger partial charge < -0.3 is 15.0 Å². The lowest BCUT2D eigenvalue weighted by molar-refractivity contribution is -0.151. The number of carbonyl (C=O) groups excluding carboxylic acids is 3. The summed E-state index contributed by atoms with van der Waals surface area (Å²) < 4.78 is 4.95. The maximum atomic E-state index is 12.1. The van der Waals surface area contributed by atoms with E-state index in [0.29, 0.717) is 5.02 Å². The maximum absolute atomic E-state index is 12.1. The molecule has 8 heteroatoms. The minimum Gasteiger partial charge on any atom is -0.454 e. The Morgan fingerprint density at radius 3 is 2.54 bits per heavy atom. The van der Waals surface area contributed by atoms with Crippen molar-refractivity contribution in [3.05, 3.63) is 33.8 Å². The Hall–Kier alpha value is -1.79. The third kappa shape index (κ3) is 5.88. The molecule has 1 aliphatic rings. The fourth-order valence-corrected chi connectivity index (χ4v) is 3.38. The SMILES string of the molecule is CN(C(=O)COC(=O)CNC(=O)c1ccc(Cl)cc1Cl)C1CCCCC1. The molecule has 0 heterocycles. The zero-order chi connectivity index (χ0) is 19.1. The van der Waals surface area contributed by atoms with Crippen LogP contribution in [0, 0.1) is 0 Å². The van der Waals surface area contributed by atoms with E-state index in [1.54, 1.807) is 11.9 Å². The molecule has 142 valence electrons. The van der Waals surface area contributed by atoms with Crippen LogP contribution in [0.5, 0.6) is 0 Å². The first-order valence-electron chi connectivity index (χ1n) is 8.53. The summed E-state index contributed by atoms with van der Waals surface area (Å²) in [5.74, 6) is -1.44. The van der Waals surface area contributed by atoms with Gasteiger partial charge in [-0.2, -0.15) is 0 Å². The first kappa shape index (κ1) is 20.5. The maximum Gasteiger partial charge on any atom is 0.325 e. The molecular weight excluding hydrogens is 379 g/mol.